The summed E-state index contributed by atoms with van der Waals surface area (Å²) in [5.41, 5.74) is -0.703. The topological polar surface area (TPSA) is 95.4 Å². The number of aromatic nitrogens is 2. The van der Waals surface area contributed by atoms with Crippen LogP contribution in [0, 0.1) is 5.92 Å². The molecule has 0 aromatic carbocycles. The van der Waals surface area contributed by atoms with Crippen LogP contribution in [0.25, 0.3) is 0 Å². The monoisotopic (exact) mass is 504 g/mol. The van der Waals surface area contributed by atoms with Crippen molar-refractivity contribution in [1.82, 2.24) is 14.9 Å². The number of hydrogen-bond donors (Lipinski definition) is 2. The Bertz CT molecular complexity index is 688. The smallest absolute Gasteiger partial charge is 0.408 e. The van der Waals surface area contributed by atoms with Crippen molar-refractivity contribution in [3.63, 3.8) is 0 Å². The molecular formula is C18H26Br2N4O3. The van der Waals surface area contributed by atoms with Gasteiger partial charge >= 0.3 is 6.09 Å². The normalized spacial score (nSPS) is 16.6. The average Bonchev–Trinajstić information content (AvgIpc) is 2.56. The maximum atomic E-state index is 13.1. The quantitative estimate of drug-likeness (QED) is 0.583. The molecule has 7 nitrogen and oxygen atoms in total. The lowest BCUT2D eigenvalue weighted by Gasteiger charge is -2.40. The molecule has 2 N–H and O–H groups in total. The zero-order valence-corrected chi connectivity index (χ0v) is 19.0. The SMILES string of the molecule is CC(C)(C)N(C(=O)O)[C@H](CC1CCCCC1)C(=O)Nc1ncc(Br)nc1Br. The summed E-state index contributed by atoms with van der Waals surface area (Å²) in [6.45, 7) is 5.41. The Kier molecular flexibility index (Phi) is 7.62. The number of amides is 2. The minimum absolute atomic E-state index is 0.274. The Morgan fingerprint density at radius 1 is 1.30 bits per heavy atom. The van der Waals surface area contributed by atoms with Crippen LogP contribution in [0.2, 0.25) is 0 Å². The molecule has 0 bridgehead atoms. The molecule has 1 heterocycles. The van der Waals surface area contributed by atoms with E-state index in [1.54, 1.807) is 20.8 Å². The highest BCUT2D eigenvalue weighted by molar-refractivity contribution is 9.11. The average molecular weight is 506 g/mol. The van der Waals surface area contributed by atoms with Gasteiger partial charge in [0, 0.05) is 5.54 Å². The lowest BCUT2D eigenvalue weighted by Crippen LogP contribution is -2.56. The molecule has 27 heavy (non-hydrogen) atoms. The zero-order valence-electron chi connectivity index (χ0n) is 15.8. The first kappa shape index (κ1) is 22.1. The van der Waals surface area contributed by atoms with Crippen LogP contribution < -0.4 is 5.32 Å². The fourth-order valence-electron chi connectivity index (χ4n) is 3.59. The summed E-state index contributed by atoms with van der Waals surface area (Å²) >= 11 is 6.50. The van der Waals surface area contributed by atoms with Crippen molar-refractivity contribution in [1.29, 1.82) is 0 Å². The number of nitrogens with one attached hydrogen (secondary N) is 1. The fourth-order valence-corrected chi connectivity index (χ4v) is 4.50. The van der Waals surface area contributed by atoms with Crippen LogP contribution in [0.5, 0.6) is 0 Å². The second kappa shape index (κ2) is 9.32. The number of halogens is 2. The van der Waals surface area contributed by atoms with Crippen LogP contribution in [0.4, 0.5) is 10.6 Å². The minimum atomic E-state index is -1.10. The van der Waals surface area contributed by atoms with Crippen LogP contribution in [0.15, 0.2) is 15.4 Å². The van der Waals surface area contributed by atoms with E-state index < -0.39 is 17.7 Å². The van der Waals surface area contributed by atoms with E-state index in [9.17, 15) is 14.7 Å². The highest BCUT2D eigenvalue weighted by atomic mass is 79.9. The van der Waals surface area contributed by atoms with Gasteiger partial charge in [-0.2, -0.15) is 0 Å². The van der Waals surface area contributed by atoms with Crippen molar-refractivity contribution in [2.45, 2.75) is 70.9 Å². The summed E-state index contributed by atoms with van der Waals surface area (Å²) in [6.07, 6.45) is 6.42. The number of nitrogens with zero attached hydrogens (tertiary/aromatic N) is 3. The van der Waals surface area contributed by atoms with Crippen molar-refractivity contribution in [3.05, 3.63) is 15.4 Å². The maximum Gasteiger partial charge on any atom is 0.408 e. The third kappa shape index (κ3) is 6.14. The predicted molar refractivity (Wildman–Crippen MR) is 111 cm³/mol. The summed E-state index contributed by atoms with van der Waals surface area (Å²) < 4.78 is 0.923. The molecule has 0 radical (unpaired) electrons. The Morgan fingerprint density at radius 3 is 2.44 bits per heavy atom. The molecule has 1 fully saturated rings. The van der Waals surface area contributed by atoms with Crippen molar-refractivity contribution < 1.29 is 14.7 Å². The maximum absolute atomic E-state index is 13.1. The van der Waals surface area contributed by atoms with Crippen LogP contribution in [0.3, 0.4) is 0 Å². The molecule has 1 aromatic rings. The van der Waals surface area contributed by atoms with E-state index in [1.807, 2.05) is 0 Å². The highest BCUT2D eigenvalue weighted by Gasteiger charge is 2.39. The van der Waals surface area contributed by atoms with E-state index in [2.05, 4.69) is 47.1 Å². The first-order valence-corrected chi connectivity index (χ1v) is 10.7. The molecule has 0 saturated heterocycles. The number of hydrogen-bond acceptors (Lipinski definition) is 4. The summed E-state index contributed by atoms with van der Waals surface area (Å²) in [7, 11) is 0. The van der Waals surface area contributed by atoms with Crippen LogP contribution in [-0.4, -0.2) is 43.6 Å². The highest BCUT2D eigenvalue weighted by Crippen LogP contribution is 2.31. The molecule has 2 amide bonds. The molecule has 1 aliphatic rings. The van der Waals surface area contributed by atoms with E-state index in [4.69, 9.17) is 0 Å². The standard InChI is InChI=1S/C18H26Br2N4O3/c1-18(2,3)24(17(26)27)12(9-11-7-5-4-6-8-11)16(25)23-15-14(20)22-13(19)10-21-15/h10-12H,4-9H2,1-3H3,(H,26,27)(H,21,23,25)/t12-/m1/s1. The van der Waals surface area contributed by atoms with Crippen molar-refractivity contribution in [2.24, 2.45) is 5.92 Å². The lowest BCUT2D eigenvalue weighted by molar-refractivity contribution is -0.123. The Hall–Kier alpha value is -1.22. The molecule has 1 saturated carbocycles. The molecule has 1 aromatic heterocycles. The largest absolute Gasteiger partial charge is 0.465 e. The van der Waals surface area contributed by atoms with Crippen molar-refractivity contribution in [2.75, 3.05) is 5.32 Å². The molecule has 0 spiro atoms. The fraction of sp³-hybridized carbons (Fsp3) is 0.667. The van der Waals surface area contributed by atoms with Gasteiger partial charge in [0.1, 0.15) is 15.2 Å². The molecule has 0 unspecified atom stereocenters. The number of carbonyl (C=O) groups is 2. The summed E-state index contributed by atoms with van der Waals surface area (Å²) in [6, 6.07) is -0.789. The van der Waals surface area contributed by atoms with E-state index in [0.717, 1.165) is 25.7 Å². The number of carboxylic acid groups (broad SMARTS) is 1. The molecule has 0 aliphatic heterocycles. The summed E-state index contributed by atoms with van der Waals surface area (Å²) in [5.74, 6) is 0.240. The Labute approximate surface area is 176 Å². The van der Waals surface area contributed by atoms with Crippen LogP contribution in [0.1, 0.15) is 59.3 Å². The first-order valence-electron chi connectivity index (χ1n) is 9.10. The minimum Gasteiger partial charge on any atom is -0.465 e. The Balaban J connectivity index is 2.28. The van der Waals surface area contributed by atoms with E-state index in [-0.39, 0.29) is 11.7 Å². The Morgan fingerprint density at radius 2 is 1.93 bits per heavy atom. The molecule has 9 heteroatoms. The second-order valence-corrected chi connectivity index (χ2v) is 9.46. The van der Waals surface area contributed by atoms with Gasteiger partial charge < -0.3 is 10.4 Å². The van der Waals surface area contributed by atoms with Crippen LogP contribution >= 0.6 is 31.9 Å². The van der Waals surface area contributed by atoms with Gasteiger partial charge in [0.2, 0.25) is 5.91 Å². The molecule has 1 atom stereocenters. The molecule has 2 rings (SSSR count). The van der Waals surface area contributed by atoms with Crippen molar-refractivity contribution in [3.8, 4) is 0 Å². The van der Waals surface area contributed by atoms with Gasteiger partial charge in [-0.1, -0.05) is 32.1 Å². The number of anilines is 1. The van der Waals surface area contributed by atoms with Gasteiger partial charge in [0.25, 0.3) is 0 Å². The molecule has 1 aliphatic carbocycles. The first-order chi connectivity index (χ1) is 12.6. The summed E-state index contributed by atoms with van der Waals surface area (Å²) in [5, 5.41) is 12.6. The van der Waals surface area contributed by atoms with Gasteiger partial charge in [0.05, 0.1) is 6.20 Å². The van der Waals surface area contributed by atoms with E-state index in [0.29, 0.717) is 21.5 Å². The van der Waals surface area contributed by atoms with Gasteiger partial charge in [-0.15, -0.1) is 0 Å². The lowest BCUT2D eigenvalue weighted by atomic mass is 9.83. The van der Waals surface area contributed by atoms with Crippen molar-refractivity contribution >= 4 is 49.7 Å². The number of rotatable bonds is 5. The third-order valence-corrected chi connectivity index (χ3v) is 5.70. The van der Waals surface area contributed by atoms with Gasteiger partial charge in [-0.05, 0) is 65.0 Å². The van der Waals surface area contributed by atoms with Gasteiger partial charge in [0.15, 0.2) is 5.82 Å². The molecule has 150 valence electrons. The van der Waals surface area contributed by atoms with Gasteiger partial charge in [-0.3, -0.25) is 9.69 Å². The van der Waals surface area contributed by atoms with E-state index >= 15 is 0 Å². The third-order valence-electron chi connectivity index (χ3n) is 4.77. The second-order valence-electron chi connectivity index (χ2n) is 7.90. The predicted octanol–water partition coefficient (Wildman–Crippen LogP) is 5.06. The molecular weight excluding hydrogens is 480 g/mol. The van der Waals surface area contributed by atoms with Crippen LogP contribution in [-0.2, 0) is 4.79 Å². The zero-order chi connectivity index (χ0) is 20.2. The number of carbonyl (C=O) groups excluding carboxylic acids is 1. The van der Waals surface area contributed by atoms with E-state index in [1.165, 1.54) is 17.5 Å². The van der Waals surface area contributed by atoms with Gasteiger partial charge in [-0.25, -0.2) is 14.8 Å². The summed E-state index contributed by atoms with van der Waals surface area (Å²) in [4.78, 5) is 34.7.